The Morgan fingerprint density at radius 2 is 1.11 bits per heavy atom. The van der Waals surface area contributed by atoms with Crippen molar-refractivity contribution in [2.45, 2.75) is 77.0 Å². The first-order valence-corrected chi connectivity index (χ1v) is 8.99. The fourth-order valence-electron chi connectivity index (χ4n) is 2.05. The number of carbonyl (C=O) groups excluding carboxylic acids is 1. The van der Waals surface area contributed by atoms with Crippen LogP contribution in [0.15, 0.2) is 0 Å². The topological polar surface area (TPSA) is 54.4 Å². The van der Waals surface area contributed by atoms with Gasteiger partial charge >= 0.3 is 5.97 Å². The number of unbranched alkanes of at least 4 members (excludes halogenated alkanes) is 7. The average molecular weight is 382 g/mol. The summed E-state index contributed by atoms with van der Waals surface area (Å²) < 4.78 is 1.07. The van der Waals surface area contributed by atoms with Crippen LogP contribution in [0, 0.1) is 0 Å². The highest BCUT2D eigenvalue weighted by Gasteiger charge is 2.01. The summed E-state index contributed by atoms with van der Waals surface area (Å²) in [5.74, 6) is -0.266. The number of carbonyl (C=O) groups is 2. The Labute approximate surface area is 130 Å². The first kappa shape index (κ1) is 18.9. The molecule has 0 unspecified atom stereocenters. The van der Waals surface area contributed by atoms with E-state index in [9.17, 15) is 9.59 Å². The summed E-state index contributed by atoms with van der Waals surface area (Å²) in [6.45, 7) is 0. The fraction of sp³-hybridized carbons (Fsp3) is 0.867. The van der Waals surface area contributed by atoms with E-state index in [4.69, 9.17) is 5.11 Å². The van der Waals surface area contributed by atoms with Crippen molar-refractivity contribution in [1.29, 1.82) is 0 Å². The molecular formula is C15H27IO3. The molecule has 112 valence electrons. The second-order valence-corrected chi connectivity index (χ2v) is 6.13. The molecule has 0 fully saturated rings. The molecule has 1 N–H and O–H groups in total. The van der Waals surface area contributed by atoms with Crippen LogP contribution < -0.4 is 0 Å². The summed E-state index contributed by atoms with van der Waals surface area (Å²) in [6, 6.07) is 0. The Hall–Kier alpha value is -0.130. The van der Waals surface area contributed by atoms with Gasteiger partial charge in [-0.1, -0.05) is 61.1 Å². The molecule has 0 radical (unpaired) electrons. The van der Waals surface area contributed by atoms with E-state index in [1.807, 2.05) is 0 Å². The fourth-order valence-corrected chi connectivity index (χ4v) is 2.43. The third-order valence-corrected chi connectivity index (χ3v) is 3.95. The van der Waals surface area contributed by atoms with Gasteiger partial charge in [-0.2, -0.15) is 0 Å². The van der Waals surface area contributed by atoms with Crippen molar-refractivity contribution >= 4 is 34.3 Å². The van der Waals surface area contributed by atoms with E-state index in [1.54, 1.807) is 0 Å². The lowest BCUT2D eigenvalue weighted by Crippen LogP contribution is -1.97. The van der Waals surface area contributed by atoms with Gasteiger partial charge in [-0.05, 0) is 23.7 Å². The maximum Gasteiger partial charge on any atom is 0.303 e. The quantitative estimate of drug-likeness (QED) is 0.268. The molecule has 0 rings (SSSR count). The standard InChI is InChI=1S/C15H27IO3/c16-13-9-11-14(17)10-7-5-3-1-2-4-6-8-12-15(18)19/h1-13H2,(H,18,19). The monoisotopic (exact) mass is 382 g/mol. The second kappa shape index (κ2) is 14.3. The molecule has 0 atom stereocenters. The van der Waals surface area contributed by atoms with Gasteiger partial charge in [-0.25, -0.2) is 0 Å². The molecule has 0 heterocycles. The van der Waals surface area contributed by atoms with Gasteiger partial charge < -0.3 is 5.11 Å². The van der Waals surface area contributed by atoms with E-state index in [0.717, 1.165) is 55.8 Å². The normalized spacial score (nSPS) is 10.6. The molecule has 0 saturated heterocycles. The number of hydrogen-bond acceptors (Lipinski definition) is 2. The van der Waals surface area contributed by atoms with Crippen LogP contribution in [-0.4, -0.2) is 21.3 Å². The highest BCUT2D eigenvalue weighted by molar-refractivity contribution is 14.1. The minimum Gasteiger partial charge on any atom is -0.481 e. The van der Waals surface area contributed by atoms with Crippen LogP contribution in [0.3, 0.4) is 0 Å². The Kier molecular flexibility index (Phi) is 14.2. The molecule has 0 aliphatic carbocycles. The Bertz CT molecular complexity index is 242. The molecule has 0 aromatic rings. The minimum absolute atomic E-state index is 0.305. The third-order valence-electron chi connectivity index (χ3n) is 3.19. The van der Waals surface area contributed by atoms with Gasteiger partial charge in [0, 0.05) is 19.3 Å². The zero-order valence-electron chi connectivity index (χ0n) is 11.8. The van der Waals surface area contributed by atoms with E-state index >= 15 is 0 Å². The number of carboxylic acid groups (broad SMARTS) is 1. The summed E-state index contributed by atoms with van der Waals surface area (Å²) in [5.41, 5.74) is 0. The van der Waals surface area contributed by atoms with Gasteiger partial charge in [0.15, 0.2) is 0 Å². The Morgan fingerprint density at radius 1 is 0.684 bits per heavy atom. The van der Waals surface area contributed by atoms with Crippen molar-refractivity contribution in [3.63, 3.8) is 0 Å². The smallest absolute Gasteiger partial charge is 0.303 e. The van der Waals surface area contributed by atoms with Crippen molar-refractivity contribution in [2.24, 2.45) is 0 Å². The second-order valence-electron chi connectivity index (χ2n) is 5.05. The van der Waals surface area contributed by atoms with Crippen LogP contribution in [0.4, 0.5) is 0 Å². The lowest BCUT2D eigenvalue weighted by Gasteiger charge is -2.02. The predicted octanol–water partition coefficient (Wildman–Crippen LogP) is 4.76. The molecule has 0 bridgehead atoms. The third kappa shape index (κ3) is 15.8. The number of carboxylic acids is 1. The van der Waals surface area contributed by atoms with Crippen molar-refractivity contribution in [2.75, 3.05) is 4.43 Å². The molecule has 0 aromatic carbocycles. The van der Waals surface area contributed by atoms with Gasteiger partial charge in [0.05, 0.1) is 0 Å². The summed E-state index contributed by atoms with van der Waals surface area (Å²) in [7, 11) is 0. The van der Waals surface area contributed by atoms with Crippen LogP contribution in [0.25, 0.3) is 0 Å². The highest BCUT2D eigenvalue weighted by atomic mass is 127. The van der Waals surface area contributed by atoms with Crippen LogP contribution in [0.2, 0.25) is 0 Å². The van der Waals surface area contributed by atoms with Crippen LogP contribution >= 0.6 is 22.6 Å². The molecule has 0 saturated carbocycles. The van der Waals surface area contributed by atoms with Crippen LogP contribution in [0.1, 0.15) is 77.0 Å². The highest BCUT2D eigenvalue weighted by Crippen LogP contribution is 2.11. The molecule has 4 heteroatoms. The lowest BCUT2D eigenvalue weighted by atomic mass is 10.0. The number of ketones is 1. The van der Waals surface area contributed by atoms with Gasteiger partial charge in [0.1, 0.15) is 5.78 Å². The van der Waals surface area contributed by atoms with Gasteiger partial charge in [-0.3, -0.25) is 9.59 Å². The minimum atomic E-state index is -0.688. The van der Waals surface area contributed by atoms with Crippen LogP contribution in [-0.2, 0) is 9.59 Å². The number of alkyl halides is 1. The van der Waals surface area contributed by atoms with E-state index in [-0.39, 0.29) is 0 Å². The molecule has 19 heavy (non-hydrogen) atoms. The number of rotatable bonds is 14. The maximum absolute atomic E-state index is 11.4. The van der Waals surface area contributed by atoms with E-state index < -0.39 is 5.97 Å². The van der Waals surface area contributed by atoms with Crippen molar-refractivity contribution in [3.8, 4) is 0 Å². The largest absolute Gasteiger partial charge is 0.481 e. The van der Waals surface area contributed by atoms with Gasteiger partial charge in [0.25, 0.3) is 0 Å². The average Bonchev–Trinajstić information content (AvgIpc) is 2.38. The molecule has 0 aromatic heterocycles. The molecule has 3 nitrogen and oxygen atoms in total. The van der Waals surface area contributed by atoms with Gasteiger partial charge in [0.2, 0.25) is 0 Å². The molecule has 0 amide bonds. The van der Waals surface area contributed by atoms with E-state index in [1.165, 1.54) is 19.3 Å². The Balaban J connectivity index is 3.10. The predicted molar refractivity (Wildman–Crippen MR) is 86.9 cm³/mol. The first-order chi connectivity index (χ1) is 9.16. The van der Waals surface area contributed by atoms with Crippen molar-refractivity contribution < 1.29 is 14.7 Å². The van der Waals surface area contributed by atoms with E-state index in [0.29, 0.717) is 12.2 Å². The number of hydrogen-bond donors (Lipinski definition) is 1. The molecule has 0 aliphatic heterocycles. The number of aliphatic carboxylic acids is 1. The zero-order chi connectivity index (χ0) is 14.3. The summed E-state index contributed by atoms with van der Waals surface area (Å²) >= 11 is 2.31. The molecule has 0 spiro atoms. The Morgan fingerprint density at radius 3 is 1.58 bits per heavy atom. The number of Topliss-reactive ketones (excluding diaryl/α,β-unsaturated/α-hetero) is 1. The van der Waals surface area contributed by atoms with Crippen LogP contribution in [0.5, 0.6) is 0 Å². The summed E-state index contributed by atoms with van der Waals surface area (Å²) in [6.07, 6.45) is 11.6. The molecular weight excluding hydrogens is 355 g/mol. The van der Waals surface area contributed by atoms with Crippen molar-refractivity contribution in [1.82, 2.24) is 0 Å². The number of halogens is 1. The molecule has 0 aliphatic rings. The maximum atomic E-state index is 11.4. The van der Waals surface area contributed by atoms with Crippen molar-refractivity contribution in [3.05, 3.63) is 0 Å². The summed E-state index contributed by atoms with van der Waals surface area (Å²) in [5, 5.41) is 8.48. The first-order valence-electron chi connectivity index (χ1n) is 7.46. The zero-order valence-corrected chi connectivity index (χ0v) is 14.0. The van der Waals surface area contributed by atoms with E-state index in [2.05, 4.69) is 22.6 Å². The lowest BCUT2D eigenvalue weighted by molar-refractivity contribution is -0.137. The summed E-state index contributed by atoms with van der Waals surface area (Å²) in [4.78, 5) is 21.7. The van der Waals surface area contributed by atoms with Gasteiger partial charge in [-0.15, -0.1) is 0 Å². The SMILES string of the molecule is O=C(O)CCCCCCCCCCC(=O)CCCI.